The van der Waals surface area contributed by atoms with E-state index in [-0.39, 0.29) is 0 Å². The Bertz CT molecular complexity index is 252. The van der Waals surface area contributed by atoms with Gasteiger partial charge in [0.2, 0.25) is 0 Å². The summed E-state index contributed by atoms with van der Waals surface area (Å²) >= 11 is 0. The van der Waals surface area contributed by atoms with Gasteiger partial charge in [0.1, 0.15) is 0 Å². The van der Waals surface area contributed by atoms with Crippen LogP contribution in [0.5, 0.6) is 0 Å². The van der Waals surface area contributed by atoms with E-state index >= 15 is 0 Å². The van der Waals surface area contributed by atoms with Gasteiger partial charge in [0.15, 0.2) is 0 Å². The third-order valence-electron chi connectivity index (χ3n) is 4.69. The van der Waals surface area contributed by atoms with Gasteiger partial charge in [-0.25, -0.2) is 0 Å². The second-order valence-corrected chi connectivity index (χ2v) is 7.44. The fourth-order valence-corrected chi connectivity index (χ4v) is 2.94. The summed E-state index contributed by atoms with van der Waals surface area (Å²) in [5, 5.41) is 3.72. The van der Waals surface area contributed by atoms with Crippen molar-refractivity contribution in [3.63, 3.8) is 0 Å². The molecule has 0 spiro atoms. The minimum atomic E-state index is 0.376. The standard InChI is InChI=1S/C15H30N2/c1-11(13-6-7-13)9-17-10-14(15(3,4)5)16-8-12(17)2/h11-14,16H,6-10H2,1-5H3. The Hall–Kier alpha value is -0.0800. The molecule has 1 heterocycles. The van der Waals surface area contributed by atoms with Crippen LogP contribution in [0.3, 0.4) is 0 Å². The van der Waals surface area contributed by atoms with E-state index in [0.717, 1.165) is 18.4 Å². The highest BCUT2D eigenvalue weighted by Gasteiger charge is 2.35. The molecule has 0 amide bonds. The molecule has 1 N–H and O–H groups in total. The fraction of sp³-hybridized carbons (Fsp3) is 1.00. The van der Waals surface area contributed by atoms with Crippen molar-refractivity contribution in [1.82, 2.24) is 10.2 Å². The molecule has 0 aromatic heterocycles. The second-order valence-electron chi connectivity index (χ2n) is 7.44. The molecule has 1 aliphatic carbocycles. The van der Waals surface area contributed by atoms with Crippen molar-refractivity contribution in [1.29, 1.82) is 0 Å². The summed E-state index contributed by atoms with van der Waals surface area (Å²) < 4.78 is 0. The van der Waals surface area contributed by atoms with Crippen molar-refractivity contribution in [2.24, 2.45) is 17.3 Å². The molecule has 1 saturated carbocycles. The van der Waals surface area contributed by atoms with Crippen LogP contribution in [-0.2, 0) is 0 Å². The van der Waals surface area contributed by atoms with Crippen molar-refractivity contribution >= 4 is 0 Å². The summed E-state index contributed by atoms with van der Waals surface area (Å²) in [6, 6.07) is 1.35. The van der Waals surface area contributed by atoms with Gasteiger partial charge in [-0.15, -0.1) is 0 Å². The minimum absolute atomic E-state index is 0.376. The number of nitrogens with one attached hydrogen (secondary N) is 1. The van der Waals surface area contributed by atoms with E-state index in [1.165, 1.54) is 25.9 Å². The lowest BCUT2D eigenvalue weighted by Gasteiger charge is -2.44. The molecule has 2 nitrogen and oxygen atoms in total. The Balaban J connectivity index is 1.90. The molecule has 1 saturated heterocycles. The SMILES string of the molecule is CC(CN1CC(C(C)(C)C)NCC1C)C1CC1. The predicted octanol–water partition coefficient (Wildman–Crippen LogP) is 2.74. The lowest BCUT2D eigenvalue weighted by Crippen LogP contribution is -2.60. The van der Waals surface area contributed by atoms with Crippen molar-refractivity contribution in [2.75, 3.05) is 19.6 Å². The maximum atomic E-state index is 3.72. The fourth-order valence-electron chi connectivity index (χ4n) is 2.94. The lowest BCUT2D eigenvalue weighted by molar-refractivity contribution is 0.0789. The molecule has 1 aliphatic heterocycles. The highest BCUT2D eigenvalue weighted by molar-refractivity contribution is 4.92. The first-order chi connectivity index (χ1) is 7.88. The highest BCUT2D eigenvalue weighted by Crippen LogP contribution is 2.37. The molecule has 2 heteroatoms. The first kappa shape index (κ1) is 13.4. The largest absolute Gasteiger partial charge is 0.311 e. The van der Waals surface area contributed by atoms with Crippen LogP contribution in [0.15, 0.2) is 0 Å². The summed E-state index contributed by atoms with van der Waals surface area (Å²) in [5.41, 5.74) is 0.376. The van der Waals surface area contributed by atoms with E-state index in [9.17, 15) is 0 Å². The zero-order valence-corrected chi connectivity index (χ0v) is 12.3. The van der Waals surface area contributed by atoms with Crippen LogP contribution in [-0.4, -0.2) is 36.6 Å². The number of hydrogen-bond donors (Lipinski definition) is 1. The first-order valence-electron chi connectivity index (χ1n) is 7.35. The monoisotopic (exact) mass is 238 g/mol. The number of rotatable bonds is 3. The third kappa shape index (κ3) is 3.45. The Morgan fingerprint density at radius 2 is 1.94 bits per heavy atom. The van der Waals surface area contributed by atoms with Gasteiger partial charge >= 0.3 is 0 Å². The van der Waals surface area contributed by atoms with E-state index in [0.29, 0.717) is 17.5 Å². The topological polar surface area (TPSA) is 15.3 Å². The quantitative estimate of drug-likeness (QED) is 0.813. The number of nitrogens with zero attached hydrogens (tertiary/aromatic N) is 1. The summed E-state index contributed by atoms with van der Waals surface area (Å²) in [6.45, 7) is 15.5. The summed E-state index contributed by atoms with van der Waals surface area (Å²) in [7, 11) is 0. The van der Waals surface area contributed by atoms with Crippen LogP contribution in [0, 0.1) is 17.3 Å². The van der Waals surface area contributed by atoms with Crippen LogP contribution >= 0.6 is 0 Å². The van der Waals surface area contributed by atoms with Gasteiger partial charge in [-0.3, -0.25) is 4.90 Å². The van der Waals surface area contributed by atoms with Crippen LogP contribution in [0.4, 0.5) is 0 Å². The second kappa shape index (κ2) is 4.89. The smallest absolute Gasteiger partial charge is 0.0244 e. The van der Waals surface area contributed by atoms with Gasteiger partial charge in [-0.2, -0.15) is 0 Å². The molecule has 3 unspecified atom stereocenters. The van der Waals surface area contributed by atoms with E-state index < -0.39 is 0 Å². The Kier molecular flexibility index (Phi) is 3.84. The van der Waals surface area contributed by atoms with Gasteiger partial charge in [0.05, 0.1) is 0 Å². The van der Waals surface area contributed by atoms with Gasteiger partial charge in [-0.05, 0) is 37.0 Å². The molecular formula is C15H30N2. The summed E-state index contributed by atoms with van der Waals surface area (Å²) in [6.07, 6.45) is 2.95. The average molecular weight is 238 g/mol. The molecule has 100 valence electrons. The van der Waals surface area contributed by atoms with E-state index in [1.54, 1.807) is 0 Å². The highest BCUT2D eigenvalue weighted by atomic mass is 15.2. The average Bonchev–Trinajstić information content (AvgIpc) is 3.02. The molecule has 17 heavy (non-hydrogen) atoms. The lowest BCUT2D eigenvalue weighted by atomic mass is 9.84. The first-order valence-corrected chi connectivity index (χ1v) is 7.35. The molecule has 3 atom stereocenters. The third-order valence-corrected chi connectivity index (χ3v) is 4.69. The van der Waals surface area contributed by atoms with E-state index in [4.69, 9.17) is 0 Å². The normalized spacial score (nSPS) is 33.7. The number of piperazine rings is 1. The van der Waals surface area contributed by atoms with Gasteiger partial charge in [0.25, 0.3) is 0 Å². The molecule has 0 radical (unpaired) electrons. The van der Waals surface area contributed by atoms with Crippen molar-refractivity contribution in [2.45, 2.75) is 59.5 Å². The molecule has 0 aromatic carbocycles. The predicted molar refractivity (Wildman–Crippen MR) is 74.2 cm³/mol. The van der Waals surface area contributed by atoms with Crippen LogP contribution in [0.25, 0.3) is 0 Å². The Labute approximate surface area is 107 Å². The van der Waals surface area contributed by atoms with Crippen molar-refractivity contribution in [3.8, 4) is 0 Å². The van der Waals surface area contributed by atoms with E-state index in [1.807, 2.05) is 0 Å². The molecule has 2 fully saturated rings. The molecule has 0 bridgehead atoms. The van der Waals surface area contributed by atoms with Crippen LogP contribution in [0.1, 0.15) is 47.5 Å². The molecular weight excluding hydrogens is 208 g/mol. The maximum absolute atomic E-state index is 3.72. The maximum Gasteiger partial charge on any atom is 0.0244 e. The van der Waals surface area contributed by atoms with Gasteiger partial charge in [0, 0.05) is 31.7 Å². The van der Waals surface area contributed by atoms with Crippen molar-refractivity contribution < 1.29 is 0 Å². The zero-order chi connectivity index (χ0) is 12.6. The van der Waals surface area contributed by atoms with Gasteiger partial charge in [-0.1, -0.05) is 27.7 Å². The number of hydrogen-bond acceptors (Lipinski definition) is 2. The molecule has 2 rings (SSSR count). The molecule has 0 aromatic rings. The van der Waals surface area contributed by atoms with Crippen LogP contribution < -0.4 is 5.32 Å². The van der Waals surface area contributed by atoms with Gasteiger partial charge < -0.3 is 5.32 Å². The van der Waals surface area contributed by atoms with E-state index in [2.05, 4.69) is 44.8 Å². The summed E-state index contributed by atoms with van der Waals surface area (Å²) in [5.74, 6) is 1.93. The van der Waals surface area contributed by atoms with Crippen LogP contribution in [0.2, 0.25) is 0 Å². The molecule has 2 aliphatic rings. The van der Waals surface area contributed by atoms with Crippen molar-refractivity contribution in [3.05, 3.63) is 0 Å². The Morgan fingerprint density at radius 1 is 1.29 bits per heavy atom. The Morgan fingerprint density at radius 3 is 2.47 bits per heavy atom. The minimum Gasteiger partial charge on any atom is -0.311 e. The zero-order valence-electron chi connectivity index (χ0n) is 12.3. The summed E-state index contributed by atoms with van der Waals surface area (Å²) in [4.78, 5) is 2.72.